The summed E-state index contributed by atoms with van der Waals surface area (Å²) in [4.78, 5) is 15.0. The summed E-state index contributed by atoms with van der Waals surface area (Å²) in [6, 6.07) is 5.12. The second kappa shape index (κ2) is 10.4. The average molecular weight is 424 g/mol. The number of nitrogens with one attached hydrogen (secondary N) is 1. The van der Waals surface area contributed by atoms with Gasteiger partial charge < -0.3 is 15.0 Å². The fourth-order valence-electron chi connectivity index (χ4n) is 4.02. The van der Waals surface area contributed by atoms with Crippen LogP contribution in [-0.2, 0) is 14.8 Å². The van der Waals surface area contributed by atoms with Crippen molar-refractivity contribution in [1.29, 1.82) is 0 Å². The quantitative estimate of drug-likeness (QED) is 0.650. The van der Waals surface area contributed by atoms with Crippen molar-refractivity contribution in [3.8, 4) is 0 Å². The van der Waals surface area contributed by atoms with Gasteiger partial charge in [-0.15, -0.1) is 0 Å². The van der Waals surface area contributed by atoms with Crippen LogP contribution in [0.1, 0.15) is 55.3 Å². The first-order valence-corrected chi connectivity index (χ1v) is 12.1. The molecule has 3 rings (SSSR count). The summed E-state index contributed by atoms with van der Waals surface area (Å²) < 4.78 is 33.5. The number of ether oxygens (including phenoxy) is 1. The van der Waals surface area contributed by atoms with Crippen molar-refractivity contribution in [1.82, 2.24) is 9.62 Å². The van der Waals surface area contributed by atoms with E-state index in [2.05, 4.69) is 10.2 Å². The van der Waals surface area contributed by atoms with Crippen LogP contribution >= 0.6 is 0 Å². The number of carbonyl (C=O) groups excluding carboxylic acids is 1. The van der Waals surface area contributed by atoms with Crippen molar-refractivity contribution in [2.75, 3.05) is 51.3 Å². The van der Waals surface area contributed by atoms with Crippen molar-refractivity contribution in [3.05, 3.63) is 23.8 Å². The third-order valence-electron chi connectivity index (χ3n) is 5.66. The van der Waals surface area contributed by atoms with Gasteiger partial charge in [-0.2, -0.15) is 4.31 Å². The predicted octanol–water partition coefficient (Wildman–Crippen LogP) is 2.62. The van der Waals surface area contributed by atoms with Crippen molar-refractivity contribution in [2.24, 2.45) is 0 Å². The minimum absolute atomic E-state index is 0.249. The number of nitrogens with zero attached hydrogens (tertiary/aromatic N) is 2. The maximum atomic E-state index is 13.5. The van der Waals surface area contributed by atoms with Crippen LogP contribution in [0.2, 0.25) is 0 Å². The minimum Gasteiger partial charge on any atom is -0.385 e. The summed E-state index contributed by atoms with van der Waals surface area (Å²) in [6.07, 6.45) is 6.85. The molecule has 0 aliphatic carbocycles. The van der Waals surface area contributed by atoms with Gasteiger partial charge in [-0.1, -0.05) is 6.42 Å². The molecule has 0 radical (unpaired) electrons. The van der Waals surface area contributed by atoms with Crippen LogP contribution in [0, 0.1) is 0 Å². The van der Waals surface area contributed by atoms with Crippen LogP contribution in [0.5, 0.6) is 0 Å². The third kappa shape index (κ3) is 5.49. The van der Waals surface area contributed by atoms with E-state index in [1.165, 1.54) is 6.42 Å². The van der Waals surface area contributed by atoms with E-state index in [1.54, 1.807) is 23.5 Å². The lowest BCUT2D eigenvalue weighted by atomic mass is 10.1. The maximum absolute atomic E-state index is 13.5. The summed E-state index contributed by atoms with van der Waals surface area (Å²) >= 11 is 0. The number of methoxy groups -OCH3 is 1. The number of anilines is 1. The van der Waals surface area contributed by atoms with E-state index in [0.717, 1.165) is 50.9 Å². The van der Waals surface area contributed by atoms with E-state index in [-0.39, 0.29) is 10.8 Å². The molecule has 29 heavy (non-hydrogen) atoms. The largest absolute Gasteiger partial charge is 0.385 e. The van der Waals surface area contributed by atoms with Gasteiger partial charge in [0, 0.05) is 52.0 Å². The Kier molecular flexibility index (Phi) is 7.91. The molecule has 0 spiro atoms. The summed E-state index contributed by atoms with van der Waals surface area (Å²) in [5.74, 6) is -0.249. The molecule has 162 valence electrons. The molecule has 0 unspecified atom stereocenters. The Balaban J connectivity index is 1.89. The Hall–Kier alpha value is -1.64. The Labute approximate surface area is 174 Å². The molecule has 2 aliphatic rings. The van der Waals surface area contributed by atoms with Crippen molar-refractivity contribution in [2.45, 2.75) is 49.8 Å². The monoisotopic (exact) mass is 423 g/mol. The van der Waals surface area contributed by atoms with E-state index in [9.17, 15) is 13.2 Å². The fraction of sp³-hybridized carbons (Fsp3) is 0.667. The third-order valence-corrected chi connectivity index (χ3v) is 7.59. The highest BCUT2D eigenvalue weighted by Crippen LogP contribution is 2.32. The zero-order chi connectivity index (χ0) is 20.7. The first kappa shape index (κ1) is 22.1. The van der Waals surface area contributed by atoms with Crippen LogP contribution in [0.3, 0.4) is 0 Å². The smallest absolute Gasteiger partial charge is 0.251 e. The molecule has 7 nitrogen and oxygen atoms in total. The van der Waals surface area contributed by atoms with Gasteiger partial charge in [-0.25, -0.2) is 8.42 Å². The molecule has 1 aromatic carbocycles. The molecule has 2 saturated heterocycles. The number of sulfonamides is 1. The Morgan fingerprint density at radius 3 is 2.34 bits per heavy atom. The maximum Gasteiger partial charge on any atom is 0.251 e. The highest BCUT2D eigenvalue weighted by Gasteiger charge is 2.31. The number of amides is 1. The summed E-state index contributed by atoms with van der Waals surface area (Å²) in [5, 5.41) is 2.85. The van der Waals surface area contributed by atoms with Crippen molar-refractivity contribution < 1.29 is 17.9 Å². The van der Waals surface area contributed by atoms with E-state index < -0.39 is 10.0 Å². The van der Waals surface area contributed by atoms with Crippen molar-refractivity contribution in [3.63, 3.8) is 0 Å². The van der Waals surface area contributed by atoms with Gasteiger partial charge in [0.25, 0.3) is 5.91 Å². The zero-order valence-corrected chi connectivity index (χ0v) is 18.2. The molecular weight excluding hydrogens is 390 g/mol. The molecule has 1 N–H and O–H groups in total. The molecule has 0 saturated carbocycles. The standard InChI is InChI=1S/C21H33N3O4S/c1-28-16-8-11-22-21(25)18-9-10-19(23-12-4-2-5-13-23)20(17-18)29(26,27)24-14-6-3-7-15-24/h9-10,17H,2-8,11-16H2,1H3,(H,22,25). The number of piperidine rings is 2. The molecule has 0 atom stereocenters. The normalized spacial score (nSPS) is 18.6. The molecule has 1 aromatic rings. The van der Waals surface area contributed by atoms with E-state index in [0.29, 0.717) is 38.2 Å². The van der Waals surface area contributed by atoms with E-state index >= 15 is 0 Å². The Bertz CT molecular complexity index is 785. The Morgan fingerprint density at radius 1 is 1.03 bits per heavy atom. The van der Waals surface area contributed by atoms with Gasteiger partial charge in [0.2, 0.25) is 10.0 Å². The lowest BCUT2D eigenvalue weighted by Crippen LogP contribution is -2.38. The van der Waals surface area contributed by atoms with Crippen LogP contribution in [0.25, 0.3) is 0 Å². The Morgan fingerprint density at radius 2 is 1.69 bits per heavy atom. The minimum atomic E-state index is -3.64. The van der Waals surface area contributed by atoms with Crippen LogP contribution < -0.4 is 10.2 Å². The van der Waals surface area contributed by atoms with Crippen LogP contribution in [-0.4, -0.2) is 65.1 Å². The number of carbonyl (C=O) groups is 1. The van der Waals surface area contributed by atoms with E-state index in [4.69, 9.17) is 4.74 Å². The molecule has 0 aromatic heterocycles. The summed E-state index contributed by atoms with van der Waals surface area (Å²) in [6.45, 7) is 3.87. The molecule has 0 bridgehead atoms. The zero-order valence-electron chi connectivity index (χ0n) is 17.4. The molecule has 8 heteroatoms. The topological polar surface area (TPSA) is 79.0 Å². The first-order valence-electron chi connectivity index (χ1n) is 10.7. The van der Waals surface area contributed by atoms with Crippen LogP contribution in [0.15, 0.2) is 23.1 Å². The lowest BCUT2D eigenvalue weighted by Gasteiger charge is -2.33. The van der Waals surface area contributed by atoms with Gasteiger partial charge in [0.15, 0.2) is 0 Å². The number of hydrogen-bond donors (Lipinski definition) is 1. The van der Waals surface area contributed by atoms with Gasteiger partial charge in [-0.3, -0.25) is 4.79 Å². The number of rotatable bonds is 8. The molecule has 1 amide bonds. The number of hydrogen-bond acceptors (Lipinski definition) is 5. The van der Waals surface area contributed by atoms with Gasteiger partial charge >= 0.3 is 0 Å². The SMILES string of the molecule is COCCCNC(=O)c1ccc(N2CCCCC2)c(S(=O)(=O)N2CCCCC2)c1. The average Bonchev–Trinajstić information content (AvgIpc) is 2.77. The predicted molar refractivity (Wildman–Crippen MR) is 114 cm³/mol. The van der Waals surface area contributed by atoms with Crippen LogP contribution in [0.4, 0.5) is 5.69 Å². The van der Waals surface area contributed by atoms with Gasteiger partial charge in [-0.05, 0) is 56.7 Å². The summed E-state index contributed by atoms with van der Waals surface area (Å²) in [7, 11) is -2.01. The molecule has 2 heterocycles. The lowest BCUT2D eigenvalue weighted by molar-refractivity contribution is 0.0948. The second-order valence-corrected chi connectivity index (χ2v) is 9.70. The van der Waals surface area contributed by atoms with Crippen molar-refractivity contribution >= 4 is 21.6 Å². The molecular formula is C21H33N3O4S. The van der Waals surface area contributed by atoms with Gasteiger partial charge in [0.05, 0.1) is 5.69 Å². The first-order chi connectivity index (χ1) is 14.0. The molecule has 2 fully saturated rings. The van der Waals surface area contributed by atoms with Gasteiger partial charge in [0.1, 0.15) is 4.90 Å². The highest BCUT2D eigenvalue weighted by molar-refractivity contribution is 7.89. The molecule has 2 aliphatic heterocycles. The second-order valence-electron chi connectivity index (χ2n) is 7.80. The number of benzene rings is 1. The van der Waals surface area contributed by atoms with E-state index in [1.807, 2.05) is 6.07 Å². The fourth-order valence-corrected chi connectivity index (χ4v) is 5.78. The summed E-state index contributed by atoms with van der Waals surface area (Å²) in [5.41, 5.74) is 1.12. The highest BCUT2D eigenvalue weighted by atomic mass is 32.2.